The number of hydrogen-bond acceptors (Lipinski definition) is 4. The van der Waals surface area contributed by atoms with Crippen molar-refractivity contribution in [2.24, 2.45) is 12.5 Å². The second-order valence-electron chi connectivity index (χ2n) is 6.51. The number of piperidine rings is 1. The average molecular weight is 293 g/mol. The summed E-state index contributed by atoms with van der Waals surface area (Å²) in [6, 6.07) is 0.245. The lowest BCUT2D eigenvalue weighted by atomic mass is 9.77. The molecule has 21 heavy (non-hydrogen) atoms. The van der Waals surface area contributed by atoms with Gasteiger partial charge >= 0.3 is 5.69 Å². The molecule has 1 aromatic rings. The van der Waals surface area contributed by atoms with Crippen LogP contribution in [-0.4, -0.2) is 50.8 Å². The first-order valence-corrected chi connectivity index (χ1v) is 7.59. The average Bonchev–Trinajstić information content (AvgIpc) is 2.94. The largest absolute Gasteiger partial charge is 0.345 e. The lowest BCUT2D eigenvalue weighted by molar-refractivity contribution is -0.133. The summed E-state index contributed by atoms with van der Waals surface area (Å²) >= 11 is 0. The van der Waals surface area contributed by atoms with Gasteiger partial charge in [0.15, 0.2) is 0 Å². The van der Waals surface area contributed by atoms with E-state index in [0.29, 0.717) is 0 Å². The van der Waals surface area contributed by atoms with Crippen LogP contribution in [0.2, 0.25) is 0 Å². The van der Waals surface area contributed by atoms with Gasteiger partial charge in [-0.3, -0.25) is 9.36 Å². The molecule has 7 nitrogen and oxygen atoms in total. The number of carbonyl (C=O) groups excluding carboxylic acids is 1. The lowest BCUT2D eigenvalue weighted by Gasteiger charge is -2.33. The van der Waals surface area contributed by atoms with Crippen molar-refractivity contribution in [1.29, 1.82) is 0 Å². The molecule has 0 radical (unpaired) electrons. The Balaban J connectivity index is 1.70. The van der Waals surface area contributed by atoms with Crippen molar-refractivity contribution in [3.05, 3.63) is 16.8 Å². The molecule has 1 spiro atoms. The summed E-state index contributed by atoms with van der Waals surface area (Å²) in [7, 11) is 1.64. The monoisotopic (exact) mass is 293 g/mol. The fraction of sp³-hybridized carbons (Fsp3) is 0.786. The molecule has 0 bridgehead atoms. The molecule has 1 amide bonds. The van der Waals surface area contributed by atoms with Gasteiger partial charge in [0.2, 0.25) is 5.91 Å². The van der Waals surface area contributed by atoms with E-state index < -0.39 is 0 Å². The number of carbonyl (C=O) groups is 1. The number of nitrogens with one attached hydrogen (secondary N) is 1. The maximum absolute atomic E-state index is 12.5. The summed E-state index contributed by atoms with van der Waals surface area (Å²) in [4.78, 5) is 26.2. The molecule has 7 heteroatoms. The molecule has 3 rings (SSSR count). The van der Waals surface area contributed by atoms with Gasteiger partial charge in [0.25, 0.3) is 0 Å². The number of nitrogens with zero attached hydrogens (tertiary/aromatic N) is 4. The van der Waals surface area contributed by atoms with Crippen LogP contribution in [0.5, 0.6) is 0 Å². The minimum absolute atomic E-state index is 0.00120. The second kappa shape index (κ2) is 5.29. The Morgan fingerprint density at radius 2 is 2.19 bits per heavy atom. The number of aromatic nitrogens is 3. The van der Waals surface area contributed by atoms with Crippen LogP contribution < -0.4 is 11.0 Å². The van der Waals surface area contributed by atoms with Crippen LogP contribution >= 0.6 is 0 Å². The molecule has 0 aromatic carbocycles. The van der Waals surface area contributed by atoms with E-state index in [4.69, 9.17) is 0 Å². The normalized spacial score (nSPS) is 24.7. The van der Waals surface area contributed by atoms with E-state index in [9.17, 15) is 9.59 Å². The summed E-state index contributed by atoms with van der Waals surface area (Å²) < 4.78 is 2.62. The summed E-state index contributed by atoms with van der Waals surface area (Å²) in [6.07, 6.45) is 4.77. The predicted octanol–water partition coefficient (Wildman–Crippen LogP) is -0.428. The highest BCUT2D eigenvalue weighted by Crippen LogP contribution is 2.41. The van der Waals surface area contributed by atoms with Crippen LogP contribution in [-0.2, 0) is 18.4 Å². The van der Waals surface area contributed by atoms with Crippen molar-refractivity contribution in [2.75, 3.05) is 19.6 Å². The molecule has 116 valence electrons. The first-order chi connectivity index (χ1) is 10.0. The first-order valence-electron chi connectivity index (χ1n) is 7.59. The van der Waals surface area contributed by atoms with Gasteiger partial charge in [-0.1, -0.05) is 0 Å². The molecule has 2 saturated heterocycles. The molecule has 1 atom stereocenters. The van der Waals surface area contributed by atoms with Crippen LogP contribution in [0.1, 0.15) is 26.2 Å². The Morgan fingerprint density at radius 1 is 1.48 bits per heavy atom. The Labute approximate surface area is 123 Å². The van der Waals surface area contributed by atoms with Crippen LogP contribution in [0, 0.1) is 5.41 Å². The number of likely N-dealkylation sites (tertiary alicyclic amines) is 1. The molecule has 3 heterocycles. The zero-order valence-electron chi connectivity index (χ0n) is 12.7. The maximum atomic E-state index is 12.5. The van der Waals surface area contributed by atoms with Gasteiger partial charge in [-0.2, -0.15) is 5.10 Å². The highest BCUT2D eigenvalue weighted by molar-refractivity contribution is 5.76. The first kappa shape index (κ1) is 14.3. The van der Waals surface area contributed by atoms with Gasteiger partial charge < -0.3 is 10.2 Å². The Kier molecular flexibility index (Phi) is 3.61. The van der Waals surface area contributed by atoms with Gasteiger partial charge in [-0.05, 0) is 44.7 Å². The highest BCUT2D eigenvalue weighted by atomic mass is 16.2. The van der Waals surface area contributed by atoms with E-state index in [2.05, 4.69) is 17.3 Å². The summed E-state index contributed by atoms with van der Waals surface area (Å²) in [5.41, 5.74) is 0.0295. The van der Waals surface area contributed by atoms with Crippen LogP contribution in [0.3, 0.4) is 0 Å². The smallest absolute Gasteiger partial charge is 0.338 e. The van der Waals surface area contributed by atoms with E-state index in [1.54, 1.807) is 7.05 Å². The summed E-state index contributed by atoms with van der Waals surface area (Å²) in [5.74, 6) is -0.00120. The number of aryl methyl sites for hydroxylation is 1. The SMILES string of the molecule is CC1CC2(CCNCC2)CN1C(=O)Cn1ncn(C)c1=O. The van der Waals surface area contributed by atoms with E-state index in [1.807, 2.05) is 4.90 Å². The molecule has 2 aliphatic heterocycles. The van der Waals surface area contributed by atoms with Gasteiger partial charge in [0, 0.05) is 19.6 Å². The van der Waals surface area contributed by atoms with Crippen LogP contribution in [0.25, 0.3) is 0 Å². The fourth-order valence-corrected chi connectivity index (χ4v) is 3.72. The molecule has 1 unspecified atom stereocenters. The minimum atomic E-state index is -0.244. The topological polar surface area (TPSA) is 72.2 Å². The highest BCUT2D eigenvalue weighted by Gasteiger charge is 2.44. The summed E-state index contributed by atoms with van der Waals surface area (Å²) in [6.45, 7) is 5.04. The Hall–Kier alpha value is -1.63. The van der Waals surface area contributed by atoms with E-state index in [1.165, 1.54) is 15.6 Å². The van der Waals surface area contributed by atoms with E-state index in [0.717, 1.165) is 38.9 Å². The molecule has 0 saturated carbocycles. The second-order valence-corrected chi connectivity index (χ2v) is 6.51. The number of hydrogen-bond donors (Lipinski definition) is 1. The van der Waals surface area contributed by atoms with Gasteiger partial charge in [-0.15, -0.1) is 0 Å². The van der Waals surface area contributed by atoms with Crippen LogP contribution in [0.4, 0.5) is 0 Å². The molecule has 2 fully saturated rings. The molecule has 2 aliphatic rings. The number of rotatable bonds is 2. The van der Waals surface area contributed by atoms with E-state index >= 15 is 0 Å². The zero-order valence-corrected chi connectivity index (χ0v) is 12.7. The third-order valence-corrected chi connectivity index (χ3v) is 4.92. The van der Waals surface area contributed by atoms with Crippen molar-refractivity contribution in [1.82, 2.24) is 24.6 Å². The van der Waals surface area contributed by atoms with Gasteiger partial charge in [0.05, 0.1) is 0 Å². The molecular formula is C14H23N5O2. The van der Waals surface area contributed by atoms with Crippen molar-refractivity contribution in [2.45, 2.75) is 38.8 Å². The van der Waals surface area contributed by atoms with Gasteiger partial charge in [-0.25, -0.2) is 9.48 Å². The maximum Gasteiger partial charge on any atom is 0.345 e. The van der Waals surface area contributed by atoms with Crippen molar-refractivity contribution >= 4 is 5.91 Å². The zero-order chi connectivity index (χ0) is 15.0. The quantitative estimate of drug-likeness (QED) is 0.803. The third-order valence-electron chi connectivity index (χ3n) is 4.92. The predicted molar refractivity (Wildman–Crippen MR) is 77.8 cm³/mol. The standard InChI is InChI=1S/C14H23N5O2/c1-11-7-14(3-5-15-6-4-14)9-18(11)12(20)8-19-13(21)17(2)10-16-19/h10-11,15H,3-9H2,1-2H3. The lowest BCUT2D eigenvalue weighted by Crippen LogP contribution is -2.42. The van der Waals surface area contributed by atoms with Crippen molar-refractivity contribution in [3.63, 3.8) is 0 Å². The Morgan fingerprint density at radius 3 is 2.81 bits per heavy atom. The van der Waals surface area contributed by atoms with Crippen molar-refractivity contribution < 1.29 is 4.79 Å². The summed E-state index contributed by atoms with van der Waals surface area (Å²) in [5, 5.41) is 7.35. The Bertz CT molecular complexity index is 584. The van der Waals surface area contributed by atoms with Crippen LogP contribution in [0.15, 0.2) is 11.1 Å². The van der Waals surface area contributed by atoms with E-state index in [-0.39, 0.29) is 29.6 Å². The van der Waals surface area contributed by atoms with Gasteiger partial charge in [0.1, 0.15) is 12.9 Å². The molecule has 0 aliphatic carbocycles. The molecular weight excluding hydrogens is 270 g/mol. The minimum Gasteiger partial charge on any atom is -0.338 e. The number of amides is 1. The fourth-order valence-electron chi connectivity index (χ4n) is 3.72. The van der Waals surface area contributed by atoms with Crippen molar-refractivity contribution in [3.8, 4) is 0 Å². The third kappa shape index (κ3) is 2.62. The molecule has 1 N–H and O–H groups in total. The molecule has 1 aromatic heterocycles.